The van der Waals surface area contributed by atoms with Gasteiger partial charge in [-0.15, -0.1) is 56.7 Å². The van der Waals surface area contributed by atoms with E-state index >= 15 is 0 Å². The molecule has 0 aliphatic rings. The number of alkyl carbamates (subject to hydrolysis) is 1. The first-order valence-electron chi connectivity index (χ1n) is 26.4. The van der Waals surface area contributed by atoms with Crippen molar-refractivity contribution in [2.75, 3.05) is 6.54 Å². The number of carbonyl (C=O) groups is 5. The van der Waals surface area contributed by atoms with Gasteiger partial charge in [-0.25, -0.2) is 39.5 Å². The van der Waals surface area contributed by atoms with Gasteiger partial charge in [0, 0.05) is 39.0 Å². The molecule has 0 saturated carbocycles. The number of thiazole rings is 5. The molecule has 0 spiro atoms. The lowest BCUT2D eigenvalue weighted by Gasteiger charge is -2.45. The van der Waals surface area contributed by atoms with Crippen LogP contribution in [0.2, 0.25) is 5.04 Å². The molecule has 6 heterocycles. The van der Waals surface area contributed by atoms with Crippen molar-refractivity contribution in [1.82, 2.24) is 51.2 Å². The smallest absolute Gasteiger partial charge is 0.408 e. The zero-order chi connectivity index (χ0) is 60.0. The summed E-state index contributed by atoms with van der Waals surface area (Å²) in [6.07, 6.45) is -0.649. The Morgan fingerprint density at radius 3 is 1.80 bits per heavy atom. The average Bonchev–Trinajstić information content (AvgIpc) is 4.10. The van der Waals surface area contributed by atoms with E-state index in [0.29, 0.717) is 53.4 Å². The van der Waals surface area contributed by atoms with E-state index in [1.165, 1.54) is 63.7 Å². The number of pyridine rings is 1. The van der Waals surface area contributed by atoms with Crippen molar-refractivity contribution in [3.05, 3.63) is 139 Å². The monoisotopic (exact) mass is 1230 g/mol. The van der Waals surface area contributed by atoms with Crippen molar-refractivity contribution in [2.24, 2.45) is 5.92 Å². The molecule has 2 aromatic carbocycles. The molecule has 0 saturated heterocycles. The third-order valence-corrected chi connectivity index (χ3v) is 22.4. The van der Waals surface area contributed by atoms with Crippen LogP contribution in [0, 0.1) is 5.92 Å². The maximum Gasteiger partial charge on any atom is 0.408 e. The highest BCUT2D eigenvalue weighted by atomic mass is 32.1. The number of aliphatic hydroxyl groups excluding tert-OH is 1. The molecule has 6 N–H and O–H groups in total. The number of nitrogens with one attached hydrogen (secondary N) is 4. The number of rotatable bonds is 21. The fraction of sp³-hybridized carbons (Fsp3) is 0.328. The molecule has 83 heavy (non-hydrogen) atoms. The minimum atomic E-state index is -3.26. The first kappa shape index (κ1) is 61.8. The van der Waals surface area contributed by atoms with Crippen LogP contribution in [-0.4, -0.2) is 103 Å². The molecular formula is C58H64N10O9S5Si. The Morgan fingerprint density at radius 1 is 0.627 bits per heavy atom. The number of amides is 4. The Hall–Kier alpha value is -7.23. The zero-order valence-corrected chi connectivity index (χ0v) is 52.5. The summed E-state index contributed by atoms with van der Waals surface area (Å²) in [5.74, 6) is -2.94. The summed E-state index contributed by atoms with van der Waals surface area (Å²) in [6, 6.07) is 22.5. The van der Waals surface area contributed by atoms with E-state index in [1.54, 1.807) is 56.0 Å². The van der Waals surface area contributed by atoms with Crippen LogP contribution in [-0.2, 0) is 14.0 Å². The summed E-state index contributed by atoms with van der Waals surface area (Å²) in [4.78, 5) is 94.9. The van der Waals surface area contributed by atoms with Gasteiger partial charge in [-0.1, -0.05) is 101 Å². The van der Waals surface area contributed by atoms with E-state index in [-0.39, 0.29) is 35.2 Å². The highest BCUT2D eigenvalue weighted by molar-refractivity contribution is 7.15. The topological polar surface area (TPSA) is 270 Å². The van der Waals surface area contributed by atoms with Gasteiger partial charge in [0.15, 0.2) is 5.69 Å². The molecule has 4 atom stereocenters. The van der Waals surface area contributed by atoms with Crippen molar-refractivity contribution in [3.8, 4) is 43.4 Å². The number of aliphatic hydroxyl groups is 1. The molecule has 0 unspecified atom stereocenters. The fourth-order valence-electron chi connectivity index (χ4n) is 8.86. The van der Waals surface area contributed by atoms with Crippen LogP contribution in [0.15, 0.2) is 111 Å². The van der Waals surface area contributed by atoms with E-state index in [1.807, 2.05) is 62.5 Å². The summed E-state index contributed by atoms with van der Waals surface area (Å²) >= 11 is 6.18. The molecule has 0 radical (unpaired) electrons. The highest BCUT2D eigenvalue weighted by Crippen LogP contribution is 2.42. The van der Waals surface area contributed by atoms with Crippen LogP contribution >= 0.6 is 56.7 Å². The number of allylic oxidation sites excluding steroid dienone is 1. The van der Waals surface area contributed by atoms with Crippen molar-refractivity contribution >= 4 is 105 Å². The van der Waals surface area contributed by atoms with Gasteiger partial charge >= 0.3 is 12.1 Å². The number of aromatic carboxylic acids is 1. The molecular weight excluding hydrogens is 1170 g/mol. The summed E-state index contributed by atoms with van der Waals surface area (Å²) < 4.78 is 13.2. The number of nitrogens with zero attached hydrogens (tertiary/aromatic N) is 6. The Morgan fingerprint density at radius 2 is 1.19 bits per heavy atom. The van der Waals surface area contributed by atoms with Gasteiger partial charge < -0.3 is 40.6 Å². The van der Waals surface area contributed by atoms with Crippen LogP contribution in [0.5, 0.6) is 0 Å². The van der Waals surface area contributed by atoms with Crippen LogP contribution in [0.3, 0.4) is 0 Å². The van der Waals surface area contributed by atoms with E-state index in [9.17, 15) is 34.2 Å². The first-order chi connectivity index (χ1) is 39.3. The number of hydrogen-bond donors (Lipinski definition) is 6. The molecule has 8 rings (SSSR count). The molecule has 25 heteroatoms. The molecule has 0 aliphatic carbocycles. The number of hydrogen-bond acceptors (Lipinski definition) is 19. The van der Waals surface area contributed by atoms with Gasteiger partial charge in [0.1, 0.15) is 70.8 Å². The second-order valence-corrected chi connectivity index (χ2v) is 30.3. The van der Waals surface area contributed by atoms with Gasteiger partial charge in [0.2, 0.25) is 0 Å². The number of benzene rings is 2. The lowest BCUT2D eigenvalue weighted by atomic mass is 10.1. The predicted molar refractivity (Wildman–Crippen MR) is 329 cm³/mol. The first-order valence-corrected chi connectivity index (χ1v) is 32.7. The molecule has 434 valence electrons. The summed E-state index contributed by atoms with van der Waals surface area (Å²) in [5.41, 5.74) is 1.55. The molecule has 0 fully saturated rings. The van der Waals surface area contributed by atoms with Gasteiger partial charge in [-0.05, 0) is 75.0 Å². The SMILES string of the molecule is C/C=C(\NC(=O)c1csc(-c2csc(-c3ccc(-c4nc(C(=O)O)cs4)c(-c4csc([C@@H](NC(=O)c5csc([C@H](NC(=O)OC(C)(C)C)C(C)C)n5)[C@@H](C)O[Si](c5ccccc5)(c5ccccc5)C(C)(C)C)n4)n3)n2)n1)C(=O)NC[C@H](C)O. The maximum atomic E-state index is 14.8. The lowest BCUT2D eigenvalue weighted by Crippen LogP contribution is -2.68. The Labute approximate surface area is 501 Å². The Bertz CT molecular complexity index is 3600. The van der Waals surface area contributed by atoms with E-state index in [0.717, 1.165) is 21.7 Å². The third-order valence-electron chi connectivity index (χ3n) is 12.8. The van der Waals surface area contributed by atoms with E-state index in [2.05, 4.69) is 76.3 Å². The lowest BCUT2D eigenvalue weighted by molar-refractivity contribution is -0.118. The third kappa shape index (κ3) is 14.6. The van der Waals surface area contributed by atoms with Crippen molar-refractivity contribution < 1.29 is 43.3 Å². The number of ether oxygens (including phenoxy) is 1. The van der Waals surface area contributed by atoms with Crippen LogP contribution in [0.1, 0.15) is 130 Å². The van der Waals surface area contributed by atoms with Gasteiger partial charge in [-0.3, -0.25) is 14.4 Å². The normalized spacial score (nSPS) is 13.7. The summed E-state index contributed by atoms with van der Waals surface area (Å²) in [5, 5.41) is 43.1. The van der Waals surface area contributed by atoms with Crippen LogP contribution < -0.4 is 31.6 Å². The molecule has 19 nitrogen and oxygen atoms in total. The van der Waals surface area contributed by atoms with Gasteiger partial charge in [0.05, 0.1) is 23.9 Å². The zero-order valence-electron chi connectivity index (χ0n) is 47.5. The largest absolute Gasteiger partial charge is 0.476 e. The van der Waals surface area contributed by atoms with Crippen molar-refractivity contribution in [3.63, 3.8) is 0 Å². The molecule has 0 bridgehead atoms. The van der Waals surface area contributed by atoms with E-state index < -0.39 is 73.0 Å². The highest BCUT2D eigenvalue weighted by Gasteiger charge is 2.52. The second kappa shape index (κ2) is 26.1. The van der Waals surface area contributed by atoms with Crippen LogP contribution in [0.25, 0.3) is 43.4 Å². The standard InChI is InChI=1S/C58H64N10O9S5Si/c1-12-37(47(70)59-25-32(4)69)61-48(71)40-27-79-52(63-40)42-29-80-51(65-42)38-24-23-36(50-66-43(30-78-50)55(73)74)46(60-38)39-26-81-54(62-39)45(67-49(72)41-28-82-53(64-41)44(31(2)3)68-56(75)76-57(6,7)8)33(5)77-83(58(9,10)11,34-19-15-13-16-20-34)35-21-17-14-18-22-35/h12-24,26-33,44-45,69H,25H2,1-11H3,(H,59,70)(H,61,71)(H,67,72)(H,68,75)(H,73,74)/b37-12-/t32-,33+,44+,45-/m0/s1. The predicted octanol–water partition coefficient (Wildman–Crippen LogP) is 10.5. The Kier molecular flexibility index (Phi) is 19.5. The number of carboxylic acid groups (broad SMARTS) is 1. The molecule has 6 aromatic heterocycles. The maximum absolute atomic E-state index is 14.8. The number of carboxylic acids is 1. The van der Waals surface area contributed by atoms with Crippen LogP contribution in [0.4, 0.5) is 4.79 Å². The van der Waals surface area contributed by atoms with Gasteiger partial charge in [-0.2, -0.15) is 0 Å². The number of aromatic nitrogens is 6. The minimum Gasteiger partial charge on any atom is -0.476 e. The summed E-state index contributed by atoms with van der Waals surface area (Å²) in [7, 11) is -3.26. The van der Waals surface area contributed by atoms with Gasteiger partial charge in [0.25, 0.3) is 26.0 Å². The number of carbonyl (C=O) groups excluding carboxylic acids is 4. The molecule has 8 aromatic rings. The average molecular weight is 1230 g/mol. The molecule has 4 amide bonds. The van der Waals surface area contributed by atoms with Crippen molar-refractivity contribution in [1.29, 1.82) is 0 Å². The summed E-state index contributed by atoms with van der Waals surface area (Å²) in [6.45, 7) is 20.9. The van der Waals surface area contributed by atoms with E-state index in [4.69, 9.17) is 29.1 Å². The minimum absolute atomic E-state index is 0.00539. The second-order valence-electron chi connectivity index (χ2n) is 21.7. The quantitative estimate of drug-likeness (QED) is 0.0288. The van der Waals surface area contributed by atoms with Crippen molar-refractivity contribution in [2.45, 2.75) is 111 Å². The molecule has 0 aliphatic heterocycles. The Balaban J connectivity index is 1.18. The fourth-order valence-corrected chi connectivity index (χ4v) is 18.0.